The summed E-state index contributed by atoms with van der Waals surface area (Å²) in [6.45, 7) is 7.95. The van der Waals surface area contributed by atoms with Crippen LogP contribution in [0, 0.1) is 13.8 Å². The summed E-state index contributed by atoms with van der Waals surface area (Å²) in [4.78, 5) is 0. The molecular weight excluding hydrogens is 396 g/mol. The van der Waals surface area contributed by atoms with Gasteiger partial charge in [0.2, 0.25) is 0 Å². The first-order valence-corrected chi connectivity index (χ1v) is 8.22. The number of halogens is 2. The summed E-state index contributed by atoms with van der Waals surface area (Å²) in [5.74, 6) is 0.422. The predicted molar refractivity (Wildman–Crippen MR) is 93.2 cm³/mol. The molecule has 0 aliphatic heterocycles. The van der Waals surface area contributed by atoms with Crippen LogP contribution in [0.4, 0.5) is 0 Å². The van der Waals surface area contributed by atoms with Crippen LogP contribution in [0.5, 0.6) is 11.5 Å². The molecule has 2 N–H and O–H groups in total. The van der Waals surface area contributed by atoms with Crippen LogP contribution >= 0.6 is 31.9 Å². The van der Waals surface area contributed by atoms with E-state index >= 15 is 0 Å². The van der Waals surface area contributed by atoms with Gasteiger partial charge in [-0.15, -0.1) is 0 Å². The van der Waals surface area contributed by atoms with E-state index in [1.165, 1.54) is 0 Å². The van der Waals surface area contributed by atoms with E-state index in [0.717, 1.165) is 22.3 Å². The van der Waals surface area contributed by atoms with Crippen molar-refractivity contribution >= 4 is 31.9 Å². The van der Waals surface area contributed by atoms with E-state index in [4.69, 9.17) is 0 Å². The fourth-order valence-electron chi connectivity index (χ4n) is 2.57. The summed E-state index contributed by atoms with van der Waals surface area (Å²) in [5.41, 5.74) is 3.13. The van der Waals surface area contributed by atoms with Crippen LogP contribution in [-0.2, 0) is 5.41 Å². The van der Waals surface area contributed by atoms with E-state index in [1.54, 1.807) is 0 Å². The predicted octanol–water partition coefficient (Wildman–Crippen LogP) is 5.57. The largest absolute Gasteiger partial charge is 0.506 e. The van der Waals surface area contributed by atoms with Crippen LogP contribution < -0.4 is 0 Å². The minimum atomic E-state index is -0.531. The number of aryl methyl sites for hydroxylation is 2. The second-order valence-corrected chi connectivity index (χ2v) is 7.62. The van der Waals surface area contributed by atoms with Crippen molar-refractivity contribution < 1.29 is 10.2 Å². The number of hydrogen-bond donors (Lipinski definition) is 2. The Morgan fingerprint density at radius 1 is 0.762 bits per heavy atom. The Balaban J connectivity index is 2.73. The second kappa shape index (κ2) is 5.65. The highest BCUT2D eigenvalue weighted by molar-refractivity contribution is 9.10. The lowest BCUT2D eigenvalue weighted by Gasteiger charge is -2.29. The summed E-state index contributed by atoms with van der Waals surface area (Å²) < 4.78 is 1.33. The van der Waals surface area contributed by atoms with Crippen molar-refractivity contribution in [2.45, 2.75) is 33.1 Å². The van der Waals surface area contributed by atoms with Crippen molar-refractivity contribution in [3.05, 3.63) is 55.5 Å². The Kier molecular flexibility index (Phi) is 4.41. The third kappa shape index (κ3) is 2.97. The van der Waals surface area contributed by atoms with Crippen molar-refractivity contribution in [1.82, 2.24) is 0 Å². The molecule has 2 aromatic carbocycles. The molecule has 0 aliphatic rings. The van der Waals surface area contributed by atoms with E-state index in [9.17, 15) is 10.2 Å². The zero-order valence-corrected chi connectivity index (χ0v) is 15.6. The zero-order chi connectivity index (χ0) is 15.9. The monoisotopic (exact) mass is 412 g/mol. The normalized spacial score (nSPS) is 11.7. The van der Waals surface area contributed by atoms with Gasteiger partial charge in [0.1, 0.15) is 11.5 Å². The van der Waals surface area contributed by atoms with Gasteiger partial charge in [0.25, 0.3) is 0 Å². The van der Waals surface area contributed by atoms with Gasteiger partial charge in [0.15, 0.2) is 0 Å². The molecule has 0 aromatic heterocycles. The Morgan fingerprint density at radius 2 is 1.10 bits per heavy atom. The molecule has 2 aromatic rings. The molecule has 0 spiro atoms. The first-order valence-electron chi connectivity index (χ1n) is 6.63. The second-order valence-electron chi connectivity index (χ2n) is 5.91. The molecular formula is C17H18Br2O2. The van der Waals surface area contributed by atoms with E-state index in [1.807, 2.05) is 52.0 Å². The standard InChI is InChI=1S/C17H18Br2O2/c1-9-5-11(15(20)13(18)7-9)17(3,4)12-6-10(2)8-14(19)16(12)21/h5-8,20-21H,1-4H3. The topological polar surface area (TPSA) is 40.5 Å². The fourth-order valence-corrected chi connectivity index (χ4v) is 3.72. The number of rotatable bonds is 2. The van der Waals surface area contributed by atoms with E-state index < -0.39 is 5.41 Å². The summed E-state index contributed by atoms with van der Waals surface area (Å²) in [6.07, 6.45) is 0. The maximum Gasteiger partial charge on any atom is 0.133 e. The number of phenols is 2. The summed E-state index contributed by atoms with van der Waals surface area (Å²) in [6, 6.07) is 7.66. The van der Waals surface area contributed by atoms with Gasteiger partial charge in [-0.2, -0.15) is 0 Å². The van der Waals surface area contributed by atoms with Gasteiger partial charge in [-0.25, -0.2) is 0 Å². The molecule has 2 rings (SSSR count). The Bertz CT molecular complexity index is 647. The maximum absolute atomic E-state index is 10.4. The van der Waals surface area contributed by atoms with E-state index in [2.05, 4.69) is 31.9 Å². The molecule has 0 fully saturated rings. The Morgan fingerprint density at radius 3 is 1.43 bits per heavy atom. The summed E-state index contributed by atoms with van der Waals surface area (Å²) in [5, 5.41) is 20.8. The average Bonchev–Trinajstić information content (AvgIpc) is 2.37. The van der Waals surface area contributed by atoms with Gasteiger partial charge in [0.05, 0.1) is 8.95 Å². The van der Waals surface area contributed by atoms with Crippen LogP contribution in [0.2, 0.25) is 0 Å². The molecule has 0 unspecified atom stereocenters. The van der Waals surface area contributed by atoms with Gasteiger partial charge in [0, 0.05) is 16.5 Å². The number of aromatic hydroxyl groups is 2. The molecule has 0 aliphatic carbocycles. The van der Waals surface area contributed by atoms with Crippen LogP contribution in [0.1, 0.15) is 36.1 Å². The Hall–Kier alpha value is -1.00. The highest BCUT2D eigenvalue weighted by Crippen LogP contribution is 2.45. The van der Waals surface area contributed by atoms with Crippen LogP contribution in [0.25, 0.3) is 0 Å². The van der Waals surface area contributed by atoms with Gasteiger partial charge in [-0.05, 0) is 69.0 Å². The van der Waals surface area contributed by atoms with Gasteiger partial charge < -0.3 is 10.2 Å². The van der Waals surface area contributed by atoms with Crippen molar-refractivity contribution in [3.8, 4) is 11.5 Å². The highest BCUT2D eigenvalue weighted by atomic mass is 79.9. The van der Waals surface area contributed by atoms with Gasteiger partial charge >= 0.3 is 0 Å². The van der Waals surface area contributed by atoms with E-state index in [0.29, 0.717) is 8.95 Å². The first-order chi connectivity index (χ1) is 9.64. The summed E-state index contributed by atoms with van der Waals surface area (Å²) >= 11 is 6.78. The lowest BCUT2D eigenvalue weighted by atomic mass is 9.76. The van der Waals surface area contributed by atoms with Crippen molar-refractivity contribution in [3.63, 3.8) is 0 Å². The molecule has 2 nitrogen and oxygen atoms in total. The highest BCUT2D eigenvalue weighted by Gasteiger charge is 2.31. The molecule has 112 valence electrons. The van der Waals surface area contributed by atoms with Crippen molar-refractivity contribution in [1.29, 1.82) is 0 Å². The van der Waals surface area contributed by atoms with Gasteiger partial charge in [-0.3, -0.25) is 0 Å². The minimum Gasteiger partial charge on any atom is -0.506 e. The van der Waals surface area contributed by atoms with Crippen LogP contribution in [-0.4, -0.2) is 10.2 Å². The van der Waals surface area contributed by atoms with Gasteiger partial charge in [-0.1, -0.05) is 26.0 Å². The van der Waals surface area contributed by atoms with Crippen LogP contribution in [0.3, 0.4) is 0 Å². The fraction of sp³-hybridized carbons (Fsp3) is 0.294. The smallest absolute Gasteiger partial charge is 0.133 e. The summed E-state index contributed by atoms with van der Waals surface area (Å²) in [7, 11) is 0. The molecule has 0 saturated heterocycles. The SMILES string of the molecule is Cc1cc(Br)c(O)c(C(C)(C)c2cc(C)cc(Br)c2O)c1. The minimum absolute atomic E-state index is 0.211. The van der Waals surface area contributed by atoms with Crippen molar-refractivity contribution in [2.24, 2.45) is 0 Å². The third-order valence-corrected chi connectivity index (χ3v) is 4.97. The van der Waals surface area contributed by atoms with E-state index in [-0.39, 0.29) is 11.5 Å². The molecule has 4 heteroatoms. The zero-order valence-electron chi connectivity index (χ0n) is 12.5. The average molecular weight is 414 g/mol. The Labute approximate surface area is 142 Å². The molecule has 0 amide bonds. The number of benzene rings is 2. The molecule has 21 heavy (non-hydrogen) atoms. The molecule has 0 saturated carbocycles. The quantitative estimate of drug-likeness (QED) is 0.675. The lowest BCUT2D eigenvalue weighted by Crippen LogP contribution is -2.20. The molecule has 0 bridgehead atoms. The number of hydrogen-bond acceptors (Lipinski definition) is 2. The molecule has 0 radical (unpaired) electrons. The molecule has 0 atom stereocenters. The number of phenolic OH excluding ortho intramolecular Hbond substituents is 2. The maximum atomic E-state index is 10.4. The third-order valence-electron chi connectivity index (χ3n) is 3.76. The lowest BCUT2D eigenvalue weighted by molar-refractivity contribution is 0.432. The molecule has 0 heterocycles. The van der Waals surface area contributed by atoms with Crippen LogP contribution in [0.15, 0.2) is 33.2 Å². The van der Waals surface area contributed by atoms with Crippen molar-refractivity contribution in [2.75, 3.05) is 0 Å². The first kappa shape index (κ1) is 16.4.